The maximum absolute atomic E-state index is 13.1. The summed E-state index contributed by atoms with van der Waals surface area (Å²) in [6.07, 6.45) is 4.34. The van der Waals surface area contributed by atoms with E-state index in [1.54, 1.807) is 0 Å². The zero-order valence-corrected chi connectivity index (χ0v) is 14.5. The minimum absolute atomic E-state index is 0.0620. The van der Waals surface area contributed by atoms with Crippen LogP contribution in [0.4, 0.5) is 5.69 Å². The Morgan fingerprint density at radius 3 is 2.48 bits per heavy atom. The molecule has 130 valence electrons. The summed E-state index contributed by atoms with van der Waals surface area (Å²) in [5.41, 5.74) is 1.98. The van der Waals surface area contributed by atoms with Crippen LogP contribution >= 0.6 is 0 Å². The fraction of sp³-hybridized carbons (Fsp3) is 0.222. The van der Waals surface area contributed by atoms with Crippen LogP contribution in [0.1, 0.15) is 24.1 Å². The van der Waals surface area contributed by atoms with Crippen molar-refractivity contribution in [3.8, 4) is 0 Å². The third kappa shape index (κ3) is 3.20. The van der Waals surface area contributed by atoms with Crippen LogP contribution in [0.3, 0.4) is 0 Å². The fourth-order valence-corrected chi connectivity index (χ4v) is 4.67. The second-order valence-electron chi connectivity index (χ2n) is 5.79. The monoisotopic (exact) mass is 358 g/mol. The highest BCUT2D eigenvalue weighted by Crippen LogP contribution is 2.35. The summed E-state index contributed by atoms with van der Waals surface area (Å²) in [6, 6.07) is 12.4. The van der Waals surface area contributed by atoms with Crippen LogP contribution in [0, 0.1) is 10.1 Å². The van der Waals surface area contributed by atoms with Crippen molar-refractivity contribution >= 4 is 15.7 Å². The van der Waals surface area contributed by atoms with Gasteiger partial charge in [0.05, 0.1) is 15.9 Å². The Labute approximate surface area is 146 Å². The number of fused-ring (bicyclic) bond motifs is 1. The first-order valence-electron chi connectivity index (χ1n) is 7.92. The molecule has 1 heterocycles. The van der Waals surface area contributed by atoms with Crippen LogP contribution in [-0.2, 0) is 16.4 Å². The standard InChI is InChI=1S/C18H18N2O4S/c1-2-5-18-17-7-4-3-6-14(17)12-13-19(18)25(23,24)16-10-8-15(9-11-16)20(21)22/h2-11,18H,12-13H2,1H3/b5-2+/t18-/m0/s1. The van der Waals surface area contributed by atoms with E-state index in [-0.39, 0.29) is 16.6 Å². The molecule has 0 aromatic heterocycles. The van der Waals surface area contributed by atoms with E-state index in [1.807, 2.05) is 43.3 Å². The molecule has 1 aliphatic rings. The molecular weight excluding hydrogens is 340 g/mol. The molecule has 0 aliphatic carbocycles. The lowest BCUT2D eigenvalue weighted by Gasteiger charge is -2.34. The van der Waals surface area contributed by atoms with Crippen LogP contribution in [0.15, 0.2) is 65.6 Å². The largest absolute Gasteiger partial charge is 0.269 e. The highest BCUT2D eigenvalue weighted by molar-refractivity contribution is 7.89. The maximum Gasteiger partial charge on any atom is 0.269 e. The first-order valence-corrected chi connectivity index (χ1v) is 9.36. The van der Waals surface area contributed by atoms with Crippen molar-refractivity contribution in [2.24, 2.45) is 0 Å². The third-order valence-corrected chi connectivity index (χ3v) is 6.21. The summed E-state index contributed by atoms with van der Waals surface area (Å²) in [5, 5.41) is 10.8. The highest BCUT2D eigenvalue weighted by atomic mass is 32.2. The topological polar surface area (TPSA) is 80.5 Å². The SMILES string of the molecule is C/C=C/[C@H]1c2ccccc2CCN1S(=O)(=O)c1ccc([N+](=O)[O-])cc1. The maximum atomic E-state index is 13.1. The average molecular weight is 358 g/mol. The van der Waals surface area contributed by atoms with Gasteiger partial charge in [-0.05, 0) is 36.6 Å². The predicted molar refractivity (Wildman–Crippen MR) is 94.7 cm³/mol. The molecule has 1 atom stereocenters. The van der Waals surface area contributed by atoms with Gasteiger partial charge in [-0.2, -0.15) is 4.31 Å². The molecule has 0 unspecified atom stereocenters. The molecular formula is C18H18N2O4S. The van der Waals surface area contributed by atoms with E-state index < -0.39 is 14.9 Å². The molecule has 0 radical (unpaired) electrons. The number of sulfonamides is 1. The van der Waals surface area contributed by atoms with E-state index in [4.69, 9.17) is 0 Å². The first kappa shape index (κ1) is 17.3. The lowest BCUT2D eigenvalue weighted by atomic mass is 9.94. The number of non-ortho nitro benzene ring substituents is 1. The molecule has 3 rings (SSSR count). The van der Waals surface area contributed by atoms with Gasteiger partial charge in [0.2, 0.25) is 10.0 Å². The van der Waals surface area contributed by atoms with Crippen LogP contribution < -0.4 is 0 Å². The molecule has 1 aliphatic heterocycles. The van der Waals surface area contributed by atoms with Gasteiger partial charge in [0.15, 0.2) is 0 Å². The van der Waals surface area contributed by atoms with Crippen molar-refractivity contribution in [1.29, 1.82) is 0 Å². The Balaban J connectivity index is 2.02. The summed E-state index contributed by atoms with van der Waals surface area (Å²) in [6.45, 7) is 2.22. The zero-order valence-electron chi connectivity index (χ0n) is 13.7. The summed E-state index contributed by atoms with van der Waals surface area (Å²) in [4.78, 5) is 10.3. The second kappa shape index (κ2) is 6.78. The van der Waals surface area contributed by atoms with Gasteiger partial charge in [0.1, 0.15) is 0 Å². The van der Waals surface area contributed by atoms with Crippen molar-refractivity contribution in [1.82, 2.24) is 4.31 Å². The van der Waals surface area contributed by atoms with Crippen molar-refractivity contribution in [3.05, 3.63) is 81.9 Å². The molecule has 0 amide bonds. The number of nitro groups is 1. The Morgan fingerprint density at radius 1 is 1.16 bits per heavy atom. The molecule has 25 heavy (non-hydrogen) atoms. The molecule has 0 spiro atoms. The van der Waals surface area contributed by atoms with Gasteiger partial charge in [-0.15, -0.1) is 0 Å². The predicted octanol–water partition coefficient (Wildman–Crippen LogP) is 3.46. The van der Waals surface area contributed by atoms with Crippen molar-refractivity contribution in [2.75, 3.05) is 6.54 Å². The Bertz CT molecular complexity index is 920. The van der Waals surface area contributed by atoms with Crippen LogP contribution in [0.25, 0.3) is 0 Å². The summed E-state index contributed by atoms with van der Waals surface area (Å²) >= 11 is 0. The van der Waals surface area contributed by atoms with Crippen LogP contribution in [0.2, 0.25) is 0 Å². The first-order chi connectivity index (χ1) is 11.9. The average Bonchev–Trinajstić information content (AvgIpc) is 2.62. The van der Waals surface area contributed by atoms with E-state index in [1.165, 1.54) is 28.6 Å². The molecule has 2 aromatic rings. The molecule has 0 fully saturated rings. The lowest BCUT2D eigenvalue weighted by molar-refractivity contribution is -0.384. The van der Waals surface area contributed by atoms with Gasteiger partial charge in [0.25, 0.3) is 5.69 Å². The molecule has 2 aromatic carbocycles. The number of hydrogen-bond donors (Lipinski definition) is 0. The minimum Gasteiger partial charge on any atom is -0.258 e. The minimum atomic E-state index is -3.76. The van der Waals surface area contributed by atoms with Crippen LogP contribution in [-0.4, -0.2) is 24.2 Å². The number of allylic oxidation sites excluding steroid dienone is 1. The number of nitro benzene ring substituents is 1. The Hall–Kier alpha value is -2.51. The second-order valence-corrected chi connectivity index (χ2v) is 7.68. The summed E-state index contributed by atoms with van der Waals surface area (Å²) in [5.74, 6) is 0. The number of rotatable bonds is 4. The van der Waals surface area contributed by atoms with Gasteiger partial charge in [-0.1, -0.05) is 36.4 Å². The normalized spacial score (nSPS) is 18.2. The Kier molecular flexibility index (Phi) is 4.69. The quantitative estimate of drug-likeness (QED) is 0.476. The Morgan fingerprint density at radius 2 is 1.84 bits per heavy atom. The van der Waals surface area contributed by atoms with E-state index >= 15 is 0 Å². The van der Waals surface area contributed by atoms with Gasteiger partial charge in [0, 0.05) is 18.7 Å². The molecule has 0 N–H and O–H groups in total. The molecule has 0 saturated heterocycles. The van der Waals surface area contributed by atoms with E-state index in [0.29, 0.717) is 13.0 Å². The number of nitrogens with zero attached hydrogens (tertiary/aromatic N) is 2. The van der Waals surface area contributed by atoms with Gasteiger partial charge < -0.3 is 0 Å². The molecule has 0 saturated carbocycles. The number of hydrogen-bond acceptors (Lipinski definition) is 4. The van der Waals surface area contributed by atoms with Gasteiger partial charge in [-0.25, -0.2) is 8.42 Å². The van der Waals surface area contributed by atoms with Crippen molar-refractivity contribution in [3.63, 3.8) is 0 Å². The molecule has 7 heteroatoms. The van der Waals surface area contributed by atoms with Crippen molar-refractivity contribution in [2.45, 2.75) is 24.3 Å². The van der Waals surface area contributed by atoms with Gasteiger partial charge >= 0.3 is 0 Å². The van der Waals surface area contributed by atoms with E-state index in [0.717, 1.165) is 11.1 Å². The summed E-state index contributed by atoms with van der Waals surface area (Å²) < 4.78 is 27.6. The van der Waals surface area contributed by atoms with E-state index in [2.05, 4.69) is 0 Å². The van der Waals surface area contributed by atoms with Crippen molar-refractivity contribution < 1.29 is 13.3 Å². The lowest BCUT2D eigenvalue weighted by Crippen LogP contribution is -2.39. The molecule has 6 nitrogen and oxygen atoms in total. The smallest absolute Gasteiger partial charge is 0.258 e. The highest BCUT2D eigenvalue weighted by Gasteiger charge is 2.35. The third-order valence-electron chi connectivity index (χ3n) is 4.31. The molecule has 0 bridgehead atoms. The summed E-state index contributed by atoms with van der Waals surface area (Å²) in [7, 11) is -3.76. The fourth-order valence-electron chi connectivity index (χ4n) is 3.10. The number of benzene rings is 2. The van der Waals surface area contributed by atoms with Gasteiger partial charge in [-0.3, -0.25) is 10.1 Å². The zero-order chi connectivity index (χ0) is 18.0. The van der Waals surface area contributed by atoms with Crippen LogP contribution in [0.5, 0.6) is 0 Å². The van der Waals surface area contributed by atoms with E-state index in [9.17, 15) is 18.5 Å².